The Morgan fingerprint density at radius 3 is 2.39 bits per heavy atom. The van der Waals surface area contributed by atoms with Gasteiger partial charge < -0.3 is 10.1 Å². The first-order valence-electron chi connectivity index (χ1n) is 7.59. The predicted octanol–water partition coefficient (Wildman–Crippen LogP) is 2.38. The third-order valence-corrected chi connectivity index (χ3v) is 3.37. The van der Waals surface area contributed by atoms with Crippen molar-refractivity contribution in [3.63, 3.8) is 0 Å². The quantitative estimate of drug-likeness (QED) is 0.308. The summed E-state index contributed by atoms with van der Waals surface area (Å²) in [6.07, 6.45) is 4.15. The lowest BCUT2D eigenvalue weighted by atomic mass is 10.1. The topological polar surface area (TPSA) is 98.5 Å². The molecule has 126 valence electrons. The zero-order valence-electron chi connectivity index (χ0n) is 13.2. The molecule has 0 saturated heterocycles. The van der Waals surface area contributed by atoms with Crippen LogP contribution in [0.2, 0.25) is 0 Å². The van der Waals surface area contributed by atoms with Gasteiger partial charge in [-0.15, -0.1) is 0 Å². The molecule has 1 N–H and O–H groups in total. The smallest absolute Gasteiger partial charge is 0.305 e. The first kappa shape index (κ1) is 18.6. The van der Waals surface area contributed by atoms with Crippen molar-refractivity contribution in [2.24, 2.45) is 0 Å². The highest BCUT2D eigenvalue weighted by atomic mass is 16.6. The van der Waals surface area contributed by atoms with E-state index in [1.54, 1.807) is 12.1 Å². The highest BCUT2D eigenvalue weighted by Crippen LogP contribution is 2.12. The third kappa shape index (κ3) is 7.94. The Bertz CT molecular complexity index is 528. The van der Waals surface area contributed by atoms with E-state index in [1.807, 2.05) is 0 Å². The van der Waals surface area contributed by atoms with Crippen LogP contribution < -0.4 is 5.32 Å². The van der Waals surface area contributed by atoms with Gasteiger partial charge in [-0.3, -0.25) is 19.7 Å². The molecule has 0 bridgehead atoms. The molecule has 1 aromatic rings. The van der Waals surface area contributed by atoms with E-state index < -0.39 is 4.92 Å². The third-order valence-electron chi connectivity index (χ3n) is 3.37. The number of nitrogens with zero attached hydrogens (tertiary/aromatic N) is 1. The van der Waals surface area contributed by atoms with Gasteiger partial charge in [-0.2, -0.15) is 0 Å². The molecule has 0 aliphatic carbocycles. The number of carbonyl (C=O) groups excluding carboxylic acids is 2. The Kier molecular flexibility index (Phi) is 8.34. The highest BCUT2D eigenvalue weighted by Gasteiger charge is 2.07. The fourth-order valence-corrected chi connectivity index (χ4v) is 2.06. The molecular formula is C16H22N2O5. The van der Waals surface area contributed by atoms with Gasteiger partial charge in [0.25, 0.3) is 5.69 Å². The van der Waals surface area contributed by atoms with Crippen LogP contribution in [0.4, 0.5) is 5.69 Å². The van der Waals surface area contributed by atoms with E-state index in [0.717, 1.165) is 31.2 Å². The van der Waals surface area contributed by atoms with Crippen LogP contribution in [0.3, 0.4) is 0 Å². The fraction of sp³-hybridized carbons (Fsp3) is 0.500. The van der Waals surface area contributed by atoms with Crippen molar-refractivity contribution in [2.75, 3.05) is 13.7 Å². The molecule has 0 radical (unpaired) electrons. The normalized spacial score (nSPS) is 10.1. The Labute approximate surface area is 135 Å². The summed E-state index contributed by atoms with van der Waals surface area (Å²) in [7, 11) is 1.38. The number of unbranched alkanes of at least 4 members (excludes halogenated alkanes) is 3. The van der Waals surface area contributed by atoms with Crippen LogP contribution in [0.25, 0.3) is 0 Å². The lowest BCUT2D eigenvalue weighted by Gasteiger charge is -2.05. The molecular weight excluding hydrogens is 300 g/mol. The Morgan fingerprint density at radius 1 is 1.13 bits per heavy atom. The van der Waals surface area contributed by atoms with Crippen molar-refractivity contribution < 1.29 is 19.2 Å². The number of methoxy groups -OCH3 is 1. The van der Waals surface area contributed by atoms with Crippen LogP contribution in [-0.4, -0.2) is 30.5 Å². The van der Waals surface area contributed by atoms with Crippen molar-refractivity contribution in [3.8, 4) is 0 Å². The Hall–Kier alpha value is -2.44. The summed E-state index contributed by atoms with van der Waals surface area (Å²) >= 11 is 0. The van der Waals surface area contributed by atoms with Crippen LogP contribution in [-0.2, 0) is 20.7 Å². The average Bonchev–Trinajstić information content (AvgIpc) is 2.54. The number of benzene rings is 1. The number of ether oxygens (including phenoxy) is 1. The molecule has 0 atom stereocenters. The van der Waals surface area contributed by atoms with Gasteiger partial charge >= 0.3 is 5.97 Å². The van der Waals surface area contributed by atoms with E-state index in [4.69, 9.17) is 0 Å². The van der Waals surface area contributed by atoms with Crippen LogP contribution in [0, 0.1) is 10.1 Å². The summed E-state index contributed by atoms with van der Waals surface area (Å²) in [6, 6.07) is 5.96. The molecule has 7 nitrogen and oxygen atoms in total. The van der Waals surface area contributed by atoms with Crippen LogP contribution >= 0.6 is 0 Å². The standard InChI is InChI=1S/C16H22N2O5/c1-23-16(20)6-4-2-3-5-11-17-15(19)12-13-7-9-14(10-8-13)18(21)22/h7-10H,2-6,11-12H2,1H3,(H,17,19). The first-order valence-corrected chi connectivity index (χ1v) is 7.59. The van der Waals surface area contributed by atoms with Gasteiger partial charge in [0.1, 0.15) is 0 Å². The molecule has 0 spiro atoms. The van der Waals surface area contributed by atoms with Crippen molar-refractivity contribution in [3.05, 3.63) is 39.9 Å². The second kappa shape index (κ2) is 10.3. The minimum absolute atomic E-state index is 0.0149. The van der Waals surface area contributed by atoms with Gasteiger partial charge in [0.05, 0.1) is 18.5 Å². The molecule has 0 aromatic heterocycles. The maximum atomic E-state index is 11.7. The summed E-state index contributed by atoms with van der Waals surface area (Å²) in [6.45, 7) is 0.587. The van der Waals surface area contributed by atoms with Crippen molar-refractivity contribution in [1.29, 1.82) is 0 Å². The lowest BCUT2D eigenvalue weighted by molar-refractivity contribution is -0.384. The molecule has 23 heavy (non-hydrogen) atoms. The fourth-order valence-electron chi connectivity index (χ4n) is 2.06. The number of carbonyl (C=O) groups is 2. The Balaban J connectivity index is 2.12. The SMILES string of the molecule is COC(=O)CCCCCCNC(=O)Cc1ccc([N+](=O)[O-])cc1. The second-order valence-electron chi connectivity index (χ2n) is 5.19. The van der Waals surface area contributed by atoms with E-state index in [-0.39, 0.29) is 24.0 Å². The van der Waals surface area contributed by atoms with Gasteiger partial charge in [0.2, 0.25) is 5.91 Å². The number of hydrogen-bond acceptors (Lipinski definition) is 5. The number of nitro groups is 1. The van der Waals surface area contributed by atoms with Gasteiger partial charge in [0, 0.05) is 25.1 Å². The number of amides is 1. The van der Waals surface area contributed by atoms with E-state index in [9.17, 15) is 19.7 Å². The van der Waals surface area contributed by atoms with E-state index >= 15 is 0 Å². The minimum Gasteiger partial charge on any atom is -0.469 e. The second-order valence-corrected chi connectivity index (χ2v) is 5.19. The average molecular weight is 322 g/mol. The van der Waals surface area contributed by atoms with Gasteiger partial charge in [-0.1, -0.05) is 25.0 Å². The van der Waals surface area contributed by atoms with Crippen molar-refractivity contribution in [1.82, 2.24) is 5.32 Å². The van der Waals surface area contributed by atoms with Crippen LogP contribution in [0.1, 0.15) is 37.7 Å². The summed E-state index contributed by atoms with van der Waals surface area (Å²) < 4.78 is 4.55. The number of nitro benzene ring substituents is 1. The zero-order chi connectivity index (χ0) is 17.1. The summed E-state index contributed by atoms with van der Waals surface area (Å²) in [5.74, 6) is -0.296. The predicted molar refractivity (Wildman–Crippen MR) is 84.9 cm³/mol. The maximum absolute atomic E-state index is 11.7. The molecule has 0 unspecified atom stereocenters. The number of esters is 1. The molecule has 7 heteroatoms. The van der Waals surface area contributed by atoms with Crippen molar-refractivity contribution >= 4 is 17.6 Å². The molecule has 1 aromatic carbocycles. The van der Waals surface area contributed by atoms with Crippen molar-refractivity contribution in [2.45, 2.75) is 38.5 Å². The summed E-state index contributed by atoms with van der Waals surface area (Å²) in [5, 5.41) is 13.4. The van der Waals surface area contributed by atoms with Crippen LogP contribution in [0.5, 0.6) is 0 Å². The minimum atomic E-state index is -0.468. The van der Waals surface area contributed by atoms with Gasteiger partial charge in [-0.25, -0.2) is 0 Å². The molecule has 0 fully saturated rings. The Morgan fingerprint density at radius 2 is 1.78 bits per heavy atom. The maximum Gasteiger partial charge on any atom is 0.305 e. The molecule has 1 rings (SSSR count). The largest absolute Gasteiger partial charge is 0.469 e. The molecule has 0 saturated carbocycles. The molecule has 0 aliphatic heterocycles. The van der Waals surface area contributed by atoms with E-state index in [0.29, 0.717) is 13.0 Å². The number of hydrogen-bond donors (Lipinski definition) is 1. The molecule has 0 aliphatic rings. The highest BCUT2D eigenvalue weighted by molar-refractivity contribution is 5.78. The molecule has 0 heterocycles. The number of rotatable bonds is 10. The van der Waals surface area contributed by atoms with E-state index in [1.165, 1.54) is 19.2 Å². The van der Waals surface area contributed by atoms with Crippen LogP contribution in [0.15, 0.2) is 24.3 Å². The monoisotopic (exact) mass is 322 g/mol. The lowest BCUT2D eigenvalue weighted by Crippen LogP contribution is -2.26. The van der Waals surface area contributed by atoms with Gasteiger partial charge in [0.15, 0.2) is 0 Å². The summed E-state index contributed by atoms with van der Waals surface area (Å²) in [5.41, 5.74) is 0.757. The first-order chi connectivity index (χ1) is 11.0. The molecule has 1 amide bonds. The summed E-state index contributed by atoms with van der Waals surface area (Å²) in [4.78, 5) is 32.7. The van der Waals surface area contributed by atoms with E-state index in [2.05, 4.69) is 10.1 Å². The number of non-ortho nitro benzene ring substituents is 1. The van der Waals surface area contributed by atoms with Gasteiger partial charge in [-0.05, 0) is 18.4 Å². The zero-order valence-corrected chi connectivity index (χ0v) is 13.2. The number of nitrogens with one attached hydrogen (secondary N) is 1.